The molecule has 1 aromatic heterocycles. The van der Waals surface area contributed by atoms with Crippen molar-refractivity contribution in [2.45, 2.75) is 23.4 Å². The summed E-state index contributed by atoms with van der Waals surface area (Å²) in [6.07, 6.45) is 1.44. The topological polar surface area (TPSA) is 115 Å². The smallest absolute Gasteiger partial charge is 0.255 e. The van der Waals surface area contributed by atoms with Gasteiger partial charge in [-0.25, -0.2) is 27.3 Å². The van der Waals surface area contributed by atoms with E-state index in [9.17, 15) is 26.4 Å². The molecule has 1 fully saturated rings. The molecule has 8 nitrogen and oxygen atoms in total. The number of carbonyl (C=O) groups excluding carboxylic acids is 1. The minimum Gasteiger partial charge on any atom is -0.491 e. The normalized spacial score (nSPS) is 17.9. The standard InChI is InChI=1S/C23H21F3N4O4S/c1-34-22-18(7-6-17(25)21(22)26)30-12-14(13-2-4-15(24)5-3-13)10-19(30)23(31)29-16-8-9-28-20(11-16)35(27,32)33/h2-9,11,14,19H,10,12H2,1H3,(H2,27,32,33)(H,28,29,31)/t14-,19+/m1/s1. The molecule has 0 radical (unpaired) electrons. The number of nitrogens with zero attached hydrogens (tertiary/aromatic N) is 2. The van der Waals surface area contributed by atoms with E-state index in [1.807, 2.05) is 0 Å². The molecule has 2 heterocycles. The highest BCUT2D eigenvalue weighted by Crippen LogP contribution is 2.41. The predicted octanol–water partition coefficient (Wildman–Crippen LogP) is 3.16. The number of primary sulfonamides is 1. The van der Waals surface area contributed by atoms with Gasteiger partial charge in [0.25, 0.3) is 10.0 Å². The lowest BCUT2D eigenvalue weighted by Gasteiger charge is -2.27. The van der Waals surface area contributed by atoms with Gasteiger partial charge in [-0.2, -0.15) is 4.39 Å². The van der Waals surface area contributed by atoms with E-state index in [1.54, 1.807) is 17.0 Å². The average Bonchev–Trinajstić information content (AvgIpc) is 3.26. The van der Waals surface area contributed by atoms with Crippen LogP contribution in [-0.4, -0.2) is 39.0 Å². The zero-order valence-corrected chi connectivity index (χ0v) is 19.2. The maximum Gasteiger partial charge on any atom is 0.255 e. The van der Waals surface area contributed by atoms with Crippen LogP contribution in [0.2, 0.25) is 0 Å². The van der Waals surface area contributed by atoms with Crippen molar-refractivity contribution in [1.82, 2.24) is 4.98 Å². The highest BCUT2D eigenvalue weighted by molar-refractivity contribution is 7.89. The highest BCUT2D eigenvalue weighted by atomic mass is 32.2. The predicted molar refractivity (Wildman–Crippen MR) is 122 cm³/mol. The van der Waals surface area contributed by atoms with Crippen LogP contribution >= 0.6 is 0 Å². The van der Waals surface area contributed by atoms with E-state index >= 15 is 0 Å². The summed E-state index contributed by atoms with van der Waals surface area (Å²) in [5, 5.41) is 7.32. The summed E-state index contributed by atoms with van der Waals surface area (Å²) in [6, 6.07) is 9.68. The Morgan fingerprint density at radius 1 is 1.14 bits per heavy atom. The zero-order valence-electron chi connectivity index (χ0n) is 18.4. The Morgan fingerprint density at radius 2 is 1.86 bits per heavy atom. The number of carbonyl (C=O) groups is 1. The Balaban J connectivity index is 1.70. The number of methoxy groups -OCH3 is 1. The Hall–Kier alpha value is -3.64. The van der Waals surface area contributed by atoms with Crippen molar-refractivity contribution in [2.24, 2.45) is 5.14 Å². The number of nitrogens with two attached hydrogens (primary N) is 1. The van der Waals surface area contributed by atoms with Gasteiger partial charge in [-0.05, 0) is 42.3 Å². The lowest BCUT2D eigenvalue weighted by atomic mass is 9.96. The number of sulfonamides is 1. The number of aromatic nitrogens is 1. The maximum atomic E-state index is 14.5. The third-order valence-corrected chi connectivity index (χ3v) is 6.59. The minimum atomic E-state index is -4.10. The van der Waals surface area contributed by atoms with Crippen LogP contribution in [0.25, 0.3) is 0 Å². The van der Waals surface area contributed by atoms with Crippen molar-refractivity contribution in [1.29, 1.82) is 0 Å². The lowest BCUT2D eigenvalue weighted by molar-refractivity contribution is -0.117. The second-order valence-electron chi connectivity index (χ2n) is 7.98. The van der Waals surface area contributed by atoms with Crippen LogP contribution in [0.15, 0.2) is 59.8 Å². The van der Waals surface area contributed by atoms with Crippen molar-refractivity contribution < 1.29 is 31.1 Å². The van der Waals surface area contributed by atoms with Gasteiger partial charge in [0.2, 0.25) is 11.7 Å². The minimum absolute atomic E-state index is 0.136. The number of hydrogen-bond donors (Lipinski definition) is 2. The first-order valence-corrected chi connectivity index (χ1v) is 12.0. The molecule has 0 unspecified atom stereocenters. The van der Waals surface area contributed by atoms with Crippen LogP contribution in [-0.2, 0) is 14.8 Å². The summed E-state index contributed by atoms with van der Waals surface area (Å²) < 4.78 is 70.0. The summed E-state index contributed by atoms with van der Waals surface area (Å²) in [7, 11) is -2.91. The lowest BCUT2D eigenvalue weighted by Crippen LogP contribution is -2.40. The summed E-state index contributed by atoms with van der Waals surface area (Å²) in [5.74, 6) is -3.85. The highest BCUT2D eigenvalue weighted by Gasteiger charge is 2.39. The second-order valence-corrected chi connectivity index (χ2v) is 9.49. The van der Waals surface area contributed by atoms with Gasteiger partial charge in [0, 0.05) is 30.4 Å². The number of hydrogen-bond acceptors (Lipinski definition) is 6. The zero-order chi connectivity index (χ0) is 25.3. The van der Waals surface area contributed by atoms with Crippen molar-refractivity contribution in [2.75, 3.05) is 23.9 Å². The van der Waals surface area contributed by atoms with Crippen molar-refractivity contribution in [3.8, 4) is 5.75 Å². The van der Waals surface area contributed by atoms with Gasteiger partial charge in [-0.1, -0.05) is 12.1 Å². The number of amides is 1. The van der Waals surface area contributed by atoms with E-state index in [0.29, 0.717) is 0 Å². The van der Waals surface area contributed by atoms with Crippen LogP contribution in [0.1, 0.15) is 17.9 Å². The molecule has 1 aliphatic rings. The molecule has 3 aromatic rings. The third kappa shape index (κ3) is 5.08. The average molecular weight is 507 g/mol. The monoisotopic (exact) mass is 506 g/mol. The molecule has 1 amide bonds. The summed E-state index contributed by atoms with van der Waals surface area (Å²) >= 11 is 0. The summed E-state index contributed by atoms with van der Waals surface area (Å²) in [6.45, 7) is 0.226. The molecule has 3 N–H and O–H groups in total. The Bertz CT molecular complexity index is 1370. The fourth-order valence-corrected chi connectivity index (χ4v) is 4.64. The quantitative estimate of drug-likeness (QED) is 0.531. The van der Waals surface area contributed by atoms with E-state index in [2.05, 4.69) is 10.3 Å². The van der Waals surface area contributed by atoms with Crippen LogP contribution in [0, 0.1) is 17.5 Å². The number of benzene rings is 2. The fraction of sp³-hybridized carbons (Fsp3) is 0.217. The number of nitrogens with one attached hydrogen (secondary N) is 1. The molecular weight excluding hydrogens is 485 g/mol. The van der Waals surface area contributed by atoms with Gasteiger partial charge in [0.1, 0.15) is 11.9 Å². The fourth-order valence-electron chi connectivity index (χ4n) is 4.14. The molecule has 184 valence electrons. The van der Waals surface area contributed by atoms with Crippen molar-refractivity contribution in [3.05, 3.63) is 77.7 Å². The van der Waals surface area contributed by atoms with Gasteiger partial charge < -0.3 is 15.0 Å². The van der Waals surface area contributed by atoms with Crippen LogP contribution < -0.4 is 20.1 Å². The Morgan fingerprint density at radius 3 is 2.51 bits per heavy atom. The molecule has 1 aliphatic heterocycles. The number of pyridine rings is 1. The largest absolute Gasteiger partial charge is 0.491 e. The molecule has 2 atom stereocenters. The second kappa shape index (κ2) is 9.55. The van der Waals surface area contributed by atoms with Gasteiger partial charge in [0.05, 0.1) is 12.8 Å². The van der Waals surface area contributed by atoms with E-state index < -0.39 is 44.4 Å². The first-order valence-electron chi connectivity index (χ1n) is 10.4. The Labute approximate surface area is 199 Å². The van der Waals surface area contributed by atoms with Crippen LogP contribution in [0.4, 0.5) is 24.5 Å². The van der Waals surface area contributed by atoms with Crippen LogP contribution in [0.5, 0.6) is 5.75 Å². The first kappa shape index (κ1) is 24.5. The van der Waals surface area contributed by atoms with E-state index in [-0.39, 0.29) is 36.0 Å². The number of halogens is 3. The summed E-state index contributed by atoms with van der Waals surface area (Å²) in [4.78, 5) is 18.6. The maximum absolute atomic E-state index is 14.5. The molecule has 0 spiro atoms. The molecule has 35 heavy (non-hydrogen) atoms. The Kier molecular flexibility index (Phi) is 6.68. The number of rotatable bonds is 6. The first-order chi connectivity index (χ1) is 16.6. The molecule has 0 aliphatic carbocycles. The van der Waals surface area contributed by atoms with Crippen molar-refractivity contribution in [3.63, 3.8) is 0 Å². The number of ether oxygens (including phenoxy) is 1. The molecule has 2 aromatic carbocycles. The molecule has 0 bridgehead atoms. The van der Waals surface area contributed by atoms with Gasteiger partial charge in [0.15, 0.2) is 16.6 Å². The molecule has 0 saturated carbocycles. The van der Waals surface area contributed by atoms with Gasteiger partial charge >= 0.3 is 0 Å². The molecule has 12 heteroatoms. The summed E-state index contributed by atoms with van der Waals surface area (Å²) in [5.41, 5.74) is 1.06. The SMILES string of the molecule is COc1c(N2C[C@H](c3ccc(F)cc3)C[C@H]2C(=O)Nc2ccnc(S(N)(=O)=O)c2)ccc(F)c1F. The third-order valence-electron chi connectivity index (χ3n) is 5.78. The van der Waals surface area contributed by atoms with Gasteiger partial charge in [-0.15, -0.1) is 0 Å². The molecular formula is C23H21F3N4O4S. The van der Waals surface area contributed by atoms with Crippen molar-refractivity contribution >= 4 is 27.3 Å². The van der Waals surface area contributed by atoms with Gasteiger partial charge in [-0.3, -0.25) is 4.79 Å². The number of anilines is 2. The molecule has 4 rings (SSSR count). The van der Waals surface area contributed by atoms with E-state index in [1.165, 1.54) is 37.6 Å². The molecule has 1 saturated heterocycles. The van der Waals surface area contributed by atoms with Crippen LogP contribution in [0.3, 0.4) is 0 Å². The van der Waals surface area contributed by atoms with E-state index in [0.717, 1.165) is 17.7 Å². The van der Waals surface area contributed by atoms with E-state index in [4.69, 9.17) is 9.88 Å².